The van der Waals surface area contributed by atoms with Gasteiger partial charge in [-0.1, -0.05) is 29.4 Å². The molecule has 0 amide bonds. The third-order valence-electron chi connectivity index (χ3n) is 3.21. The first kappa shape index (κ1) is 14.7. The molecule has 1 heterocycles. The van der Waals surface area contributed by atoms with Crippen LogP contribution in [0, 0.1) is 0 Å². The molecule has 5 nitrogen and oxygen atoms in total. The molecule has 0 atom stereocenters. The average Bonchev–Trinajstić information content (AvgIpc) is 3.24. The van der Waals surface area contributed by atoms with Crippen LogP contribution in [0.5, 0.6) is 5.75 Å². The Morgan fingerprint density at radius 1 is 1.38 bits per heavy atom. The van der Waals surface area contributed by atoms with Crippen molar-refractivity contribution in [3.05, 3.63) is 35.1 Å². The van der Waals surface area contributed by atoms with Crippen LogP contribution in [0.4, 0.5) is 0 Å². The maximum atomic E-state index is 5.92. The third kappa shape index (κ3) is 3.70. The molecule has 2 N–H and O–H groups in total. The fourth-order valence-corrected chi connectivity index (χ4v) is 3.12. The Morgan fingerprint density at radius 2 is 2.24 bits per heavy atom. The van der Waals surface area contributed by atoms with Crippen LogP contribution in [0.15, 0.2) is 29.4 Å². The van der Waals surface area contributed by atoms with E-state index in [1.165, 1.54) is 12.8 Å². The molecule has 0 aliphatic heterocycles. The van der Waals surface area contributed by atoms with Crippen LogP contribution in [0.1, 0.15) is 24.7 Å². The second-order valence-corrected chi connectivity index (χ2v) is 6.36. The van der Waals surface area contributed by atoms with E-state index >= 15 is 0 Å². The van der Waals surface area contributed by atoms with Gasteiger partial charge in [-0.2, -0.15) is 0 Å². The molecular weight excluding hydrogens is 308 g/mol. The first-order valence-electron chi connectivity index (χ1n) is 6.93. The molecule has 0 bridgehead atoms. The summed E-state index contributed by atoms with van der Waals surface area (Å²) < 4.78 is 7.84. The van der Waals surface area contributed by atoms with Crippen molar-refractivity contribution >= 4 is 23.4 Å². The molecule has 112 valence electrons. The maximum absolute atomic E-state index is 5.92. The summed E-state index contributed by atoms with van der Waals surface area (Å²) in [5.74, 6) is 2.47. The van der Waals surface area contributed by atoms with Crippen molar-refractivity contribution in [3.63, 3.8) is 0 Å². The summed E-state index contributed by atoms with van der Waals surface area (Å²) >= 11 is 7.57. The summed E-state index contributed by atoms with van der Waals surface area (Å²) in [6, 6.07) is 7.95. The summed E-state index contributed by atoms with van der Waals surface area (Å²) in [5, 5.41) is 10.00. The number of hydrogen-bond acceptors (Lipinski definition) is 5. The minimum absolute atomic E-state index is 0.434. The van der Waals surface area contributed by atoms with E-state index in [9.17, 15) is 0 Å². The van der Waals surface area contributed by atoms with E-state index in [4.69, 9.17) is 22.1 Å². The van der Waals surface area contributed by atoms with Gasteiger partial charge in [-0.3, -0.25) is 0 Å². The molecule has 1 aromatic carbocycles. The number of hydrogen-bond donors (Lipinski definition) is 1. The van der Waals surface area contributed by atoms with E-state index in [1.54, 1.807) is 11.8 Å². The zero-order valence-electron chi connectivity index (χ0n) is 11.5. The van der Waals surface area contributed by atoms with Gasteiger partial charge in [0.1, 0.15) is 11.6 Å². The van der Waals surface area contributed by atoms with E-state index in [1.807, 2.05) is 24.3 Å². The molecule has 1 aliphatic rings. The van der Waals surface area contributed by atoms with Crippen LogP contribution in [0.25, 0.3) is 0 Å². The van der Waals surface area contributed by atoms with Gasteiger partial charge < -0.3 is 15.0 Å². The SMILES string of the molecule is NCc1nnc(SCCOc2cccc(Cl)c2)n1C1CC1. The van der Waals surface area contributed by atoms with Gasteiger partial charge >= 0.3 is 0 Å². The van der Waals surface area contributed by atoms with Crippen LogP contribution in [-0.2, 0) is 6.54 Å². The van der Waals surface area contributed by atoms with Gasteiger partial charge in [0, 0.05) is 16.8 Å². The Kier molecular flexibility index (Phi) is 4.67. The molecule has 21 heavy (non-hydrogen) atoms. The van der Waals surface area contributed by atoms with Crippen molar-refractivity contribution in [3.8, 4) is 5.75 Å². The van der Waals surface area contributed by atoms with Crippen molar-refractivity contribution in [2.24, 2.45) is 5.73 Å². The van der Waals surface area contributed by atoms with Crippen molar-refractivity contribution in [1.82, 2.24) is 14.8 Å². The summed E-state index contributed by atoms with van der Waals surface area (Å²) in [4.78, 5) is 0. The van der Waals surface area contributed by atoms with Gasteiger partial charge in [-0.05, 0) is 31.0 Å². The Bertz CT molecular complexity index is 615. The predicted molar refractivity (Wildman–Crippen MR) is 83.9 cm³/mol. The number of benzene rings is 1. The minimum Gasteiger partial charge on any atom is -0.493 e. The molecule has 2 aromatic rings. The number of nitrogens with zero attached hydrogens (tertiary/aromatic N) is 3. The maximum Gasteiger partial charge on any atom is 0.191 e. The largest absolute Gasteiger partial charge is 0.493 e. The highest BCUT2D eigenvalue weighted by Gasteiger charge is 2.29. The average molecular weight is 325 g/mol. The fourth-order valence-electron chi connectivity index (χ4n) is 2.09. The number of aromatic nitrogens is 3. The molecule has 0 saturated heterocycles. The van der Waals surface area contributed by atoms with Crippen LogP contribution < -0.4 is 10.5 Å². The monoisotopic (exact) mass is 324 g/mol. The summed E-state index contributed by atoms with van der Waals surface area (Å²) in [6.45, 7) is 1.03. The van der Waals surface area contributed by atoms with Crippen LogP contribution in [0.3, 0.4) is 0 Å². The topological polar surface area (TPSA) is 66.0 Å². The van der Waals surface area contributed by atoms with Gasteiger partial charge in [0.2, 0.25) is 0 Å². The molecule has 1 aliphatic carbocycles. The van der Waals surface area contributed by atoms with E-state index in [0.717, 1.165) is 22.5 Å². The molecule has 0 radical (unpaired) electrons. The summed E-state index contributed by atoms with van der Waals surface area (Å²) in [7, 11) is 0. The van der Waals surface area contributed by atoms with Crippen LogP contribution in [-0.4, -0.2) is 27.1 Å². The van der Waals surface area contributed by atoms with Gasteiger partial charge in [0.05, 0.1) is 13.2 Å². The van der Waals surface area contributed by atoms with Gasteiger partial charge in [-0.15, -0.1) is 10.2 Å². The zero-order valence-corrected chi connectivity index (χ0v) is 13.1. The first-order valence-corrected chi connectivity index (χ1v) is 8.29. The Hall–Kier alpha value is -1.24. The molecule has 7 heteroatoms. The summed E-state index contributed by atoms with van der Waals surface area (Å²) in [5.41, 5.74) is 5.70. The second kappa shape index (κ2) is 6.68. The highest BCUT2D eigenvalue weighted by molar-refractivity contribution is 7.99. The molecule has 0 unspecified atom stereocenters. The van der Waals surface area contributed by atoms with Gasteiger partial charge in [0.25, 0.3) is 0 Å². The number of rotatable bonds is 7. The lowest BCUT2D eigenvalue weighted by atomic mass is 10.3. The molecule has 1 fully saturated rings. The zero-order chi connectivity index (χ0) is 14.7. The number of nitrogens with two attached hydrogens (primary N) is 1. The second-order valence-electron chi connectivity index (χ2n) is 4.86. The summed E-state index contributed by atoms with van der Waals surface area (Å²) in [6.07, 6.45) is 2.38. The molecule has 3 rings (SSSR count). The van der Waals surface area contributed by atoms with E-state index in [0.29, 0.717) is 24.2 Å². The predicted octanol–water partition coefficient (Wildman–Crippen LogP) is 2.90. The molecule has 1 aromatic heterocycles. The standard InChI is InChI=1S/C14H17ClN4OS/c15-10-2-1-3-12(8-10)20-6-7-21-14-18-17-13(9-16)19(14)11-4-5-11/h1-3,8,11H,4-7,9,16H2. The van der Waals surface area contributed by atoms with Crippen molar-refractivity contribution < 1.29 is 4.74 Å². The molecule has 0 spiro atoms. The quantitative estimate of drug-likeness (QED) is 0.626. The number of ether oxygens (including phenoxy) is 1. The molecule has 1 saturated carbocycles. The third-order valence-corrected chi connectivity index (χ3v) is 4.35. The smallest absolute Gasteiger partial charge is 0.191 e. The Morgan fingerprint density at radius 3 is 2.95 bits per heavy atom. The highest BCUT2D eigenvalue weighted by Crippen LogP contribution is 2.38. The van der Waals surface area contributed by atoms with Crippen molar-refractivity contribution in [2.45, 2.75) is 30.6 Å². The van der Waals surface area contributed by atoms with Crippen molar-refractivity contribution in [1.29, 1.82) is 0 Å². The Balaban J connectivity index is 1.53. The first-order chi connectivity index (χ1) is 10.3. The number of thioether (sulfide) groups is 1. The highest BCUT2D eigenvalue weighted by atomic mass is 35.5. The van der Waals surface area contributed by atoms with E-state index in [-0.39, 0.29) is 0 Å². The van der Waals surface area contributed by atoms with E-state index < -0.39 is 0 Å². The normalized spacial score (nSPS) is 14.4. The van der Waals surface area contributed by atoms with E-state index in [2.05, 4.69) is 14.8 Å². The lowest BCUT2D eigenvalue weighted by Gasteiger charge is -2.08. The number of halogens is 1. The van der Waals surface area contributed by atoms with Crippen LogP contribution >= 0.6 is 23.4 Å². The van der Waals surface area contributed by atoms with Crippen LogP contribution in [0.2, 0.25) is 5.02 Å². The molecular formula is C14H17ClN4OS. The Labute approximate surface area is 132 Å². The fraction of sp³-hybridized carbons (Fsp3) is 0.429. The van der Waals surface area contributed by atoms with Gasteiger partial charge in [0.15, 0.2) is 5.16 Å². The lowest BCUT2D eigenvalue weighted by molar-refractivity contribution is 0.344. The lowest BCUT2D eigenvalue weighted by Crippen LogP contribution is -2.08. The van der Waals surface area contributed by atoms with Gasteiger partial charge in [-0.25, -0.2) is 0 Å². The van der Waals surface area contributed by atoms with Crippen molar-refractivity contribution in [2.75, 3.05) is 12.4 Å². The minimum atomic E-state index is 0.434.